The summed E-state index contributed by atoms with van der Waals surface area (Å²) < 4.78 is 0. The van der Waals surface area contributed by atoms with Gasteiger partial charge in [-0.2, -0.15) is 0 Å². The largest absolute Gasteiger partial charge is 0.550 e. The van der Waals surface area contributed by atoms with E-state index < -0.39 is 5.97 Å². The van der Waals surface area contributed by atoms with Crippen molar-refractivity contribution in [2.24, 2.45) is 0 Å². The van der Waals surface area contributed by atoms with Crippen molar-refractivity contribution in [2.45, 2.75) is 33.1 Å². The first-order valence-corrected chi connectivity index (χ1v) is 7.86. The number of nitrogens with one attached hydrogen (secondary N) is 1. The third-order valence-electron chi connectivity index (χ3n) is 3.19. The molecule has 0 unspecified atom stereocenters. The van der Waals surface area contributed by atoms with Crippen LogP contribution in [0, 0.1) is 13.8 Å². The summed E-state index contributed by atoms with van der Waals surface area (Å²) in [5.74, 6) is -1.37. The molecular weight excluding hydrogens is 300 g/mol. The topological polar surface area (TPSA) is 82.1 Å². The zero-order chi connectivity index (χ0) is 16.1. The van der Waals surface area contributed by atoms with E-state index in [4.69, 9.17) is 0 Å². The quantitative estimate of drug-likeness (QED) is 0.886. The van der Waals surface area contributed by atoms with Crippen molar-refractivity contribution >= 4 is 28.3 Å². The van der Waals surface area contributed by atoms with Gasteiger partial charge in [0.25, 0.3) is 0 Å². The maximum absolute atomic E-state index is 11.7. The van der Waals surface area contributed by atoms with Crippen LogP contribution in [0.3, 0.4) is 0 Å². The number of hydrogen-bond donors (Lipinski definition) is 1. The van der Waals surface area contributed by atoms with Gasteiger partial charge in [-0.25, -0.2) is 4.98 Å². The number of aryl methyl sites for hydroxylation is 2. The maximum atomic E-state index is 11.7. The maximum Gasteiger partial charge on any atom is 0.226 e. The average molecular weight is 317 g/mol. The Bertz CT molecular complexity index is 694. The van der Waals surface area contributed by atoms with Crippen molar-refractivity contribution in [2.75, 3.05) is 5.32 Å². The van der Waals surface area contributed by atoms with Crippen LogP contribution < -0.4 is 10.4 Å². The molecule has 2 rings (SSSR count). The molecular formula is C16H17N2O3S-. The highest BCUT2D eigenvalue weighted by atomic mass is 32.1. The minimum atomic E-state index is -1.14. The van der Waals surface area contributed by atoms with E-state index in [2.05, 4.69) is 16.4 Å². The van der Waals surface area contributed by atoms with E-state index >= 15 is 0 Å². The van der Waals surface area contributed by atoms with Gasteiger partial charge in [-0.05, 0) is 32.3 Å². The molecule has 0 aliphatic heterocycles. The molecule has 0 aliphatic carbocycles. The molecule has 0 radical (unpaired) electrons. The molecule has 1 aromatic heterocycles. The number of benzene rings is 1. The SMILES string of the molecule is Cc1ccc(-c2csc(NC(=O)CCCC(=O)[O-])n2)c(C)c1. The number of carbonyl (C=O) groups is 2. The molecule has 1 N–H and O–H groups in total. The Morgan fingerprint density at radius 1 is 1.27 bits per heavy atom. The van der Waals surface area contributed by atoms with E-state index in [1.54, 1.807) is 0 Å². The number of amides is 1. The summed E-state index contributed by atoms with van der Waals surface area (Å²) in [5, 5.41) is 15.4. The molecule has 0 atom stereocenters. The van der Waals surface area contributed by atoms with Gasteiger partial charge in [-0.15, -0.1) is 11.3 Å². The third kappa shape index (κ3) is 4.39. The molecule has 1 heterocycles. The van der Waals surface area contributed by atoms with E-state index in [-0.39, 0.29) is 25.2 Å². The summed E-state index contributed by atoms with van der Waals surface area (Å²) >= 11 is 1.35. The number of aromatic nitrogens is 1. The molecule has 22 heavy (non-hydrogen) atoms. The summed E-state index contributed by atoms with van der Waals surface area (Å²) in [6.45, 7) is 4.07. The Kier molecular flexibility index (Phi) is 5.27. The van der Waals surface area contributed by atoms with Gasteiger partial charge in [0, 0.05) is 23.3 Å². The molecule has 2 aromatic rings. The minimum absolute atomic E-state index is 0.112. The number of nitrogens with zero attached hydrogens (tertiary/aromatic N) is 1. The first-order chi connectivity index (χ1) is 10.5. The van der Waals surface area contributed by atoms with Crippen molar-refractivity contribution in [3.05, 3.63) is 34.7 Å². The highest BCUT2D eigenvalue weighted by Crippen LogP contribution is 2.28. The standard InChI is InChI=1S/C16H18N2O3S/c1-10-6-7-12(11(2)8-10)13-9-22-16(17-13)18-14(19)4-3-5-15(20)21/h6-9H,3-5H2,1-2H3,(H,20,21)(H,17,18,19)/p-1. The van der Waals surface area contributed by atoms with Crippen LogP contribution in [-0.4, -0.2) is 16.9 Å². The molecule has 116 valence electrons. The molecule has 0 saturated heterocycles. The lowest BCUT2D eigenvalue weighted by molar-refractivity contribution is -0.305. The van der Waals surface area contributed by atoms with E-state index in [1.807, 2.05) is 31.4 Å². The summed E-state index contributed by atoms with van der Waals surface area (Å²) in [7, 11) is 0. The zero-order valence-corrected chi connectivity index (χ0v) is 13.3. The van der Waals surface area contributed by atoms with Crippen LogP contribution in [0.2, 0.25) is 0 Å². The number of carboxylic acids is 1. The monoisotopic (exact) mass is 317 g/mol. The lowest BCUT2D eigenvalue weighted by Gasteiger charge is -2.04. The lowest BCUT2D eigenvalue weighted by Crippen LogP contribution is -2.22. The van der Waals surface area contributed by atoms with Gasteiger partial charge in [0.05, 0.1) is 5.69 Å². The van der Waals surface area contributed by atoms with Crippen molar-refractivity contribution in [1.29, 1.82) is 0 Å². The van der Waals surface area contributed by atoms with E-state index in [9.17, 15) is 14.7 Å². The molecule has 5 nitrogen and oxygen atoms in total. The lowest BCUT2D eigenvalue weighted by atomic mass is 10.0. The molecule has 0 aliphatic rings. The number of anilines is 1. The summed E-state index contributed by atoms with van der Waals surface area (Å²) in [5.41, 5.74) is 4.20. The normalized spacial score (nSPS) is 10.5. The highest BCUT2D eigenvalue weighted by molar-refractivity contribution is 7.14. The third-order valence-corrected chi connectivity index (χ3v) is 3.95. The number of aliphatic carboxylic acids is 1. The molecule has 1 amide bonds. The van der Waals surface area contributed by atoms with Crippen LogP contribution in [-0.2, 0) is 9.59 Å². The van der Waals surface area contributed by atoms with Gasteiger partial charge in [0.15, 0.2) is 5.13 Å². The molecule has 1 aromatic carbocycles. The smallest absolute Gasteiger partial charge is 0.226 e. The molecule has 6 heteroatoms. The second-order valence-electron chi connectivity index (χ2n) is 5.13. The van der Waals surface area contributed by atoms with Crippen molar-refractivity contribution in [1.82, 2.24) is 4.98 Å². The Balaban J connectivity index is 1.99. The Morgan fingerprint density at radius 3 is 2.73 bits per heavy atom. The Morgan fingerprint density at radius 2 is 2.05 bits per heavy atom. The summed E-state index contributed by atoms with van der Waals surface area (Å²) in [6.07, 6.45) is 0.301. The second kappa shape index (κ2) is 7.17. The van der Waals surface area contributed by atoms with Gasteiger partial charge in [0.1, 0.15) is 0 Å². The van der Waals surface area contributed by atoms with E-state index in [0.29, 0.717) is 5.13 Å². The van der Waals surface area contributed by atoms with Crippen molar-refractivity contribution < 1.29 is 14.7 Å². The van der Waals surface area contributed by atoms with Gasteiger partial charge in [0.2, 0.25) is 5.91 Å². The first-order valence-electron chi connectivity index (χ1n) is 6.98. The molecule has 0 spiro atoms. The van der Waals surface area contributed by atoms with E-state index in [0.717, 1.165) is 16.8 Å². The number of carboxylic acid groups (broad SMARTS) is 1. The number of rotatable bonds is 6. The average Bonchev–Trinajstić information content (AvgIpc) is 2.86. The van der Waals surface area contributed by atoms with Crippen LogP contribution in [0.25, 0.3) is 11.3 Å². The number of hydrogen-bond acceptors (Lipinski definition) is 5. The van der Waals surface area contributed by atoms with Crippen LogP contribution in [0.5, 0.6) is 0 Å². The fourth-order valence-corrected chi connectivity index (χ4v) is 2.86. The zero-order valence-electron chi connectivity index (χ0n) is 12.5. The number of thiazole rings is 1. The summed E-state index contributed by atoms with van der Waals surface area (Å²) in [6, 6.07) is 6.14. The van der Waals surface area contributed by atoms with E-state index in [1.165, 1.54) is 16.9 Å². The molecule has 0 saturated carbocycles. The fraction of sp³-hybridized carbons (Fsp3) is 0.312. The van der Waals surface area contributed by atoms with Crippen LogP contribution in [0.4, 0.5) is 5.13 Å². The van der Waals surface area contributed by atoms with Gasteiger partial charge >= 0.3 is 0 Å². The predicted octanol–water partition coefficient (Wildman–Crippen LogP) is 2.29. The predicted molar refractivity (Wildman–Crippen MR) is 84.5 cm³/mol. The van der Waals surface area contributed by atoms with Crippen LogP contribution in [0.15, 0.2) is 23.6 Å². The minimum Gasteiger partial charge on any atom is -0.550 e. The van der Waals surface area contributed by atoms with Gasteiger partial charge in [-0.3, -0.25) is 4.79 Å². The second-order valence-corrected chi connectivity index (χ2v) is 5.99. The molecule has 0 fully saturated rings. The van der Waals surface area contributed by atoms with Crippen LogP contribution >= 0.6 is 11.3 Å². The van der Waals surface area contributed by atoms with Crippen molar-refractivity contribution in [3.63, 3.8) is 0 Å². The van der Waals surface area contributed by atoms with Crippen LogP contribution in [0.1, 0.15) is 30.4 Å². The first kappa shape index (κ1) is 16.2. The number of carbonyl (C=O) groups excluding carboxylic acids is 2. The van der Waals surface area contributed by atoms with Crippen molar-refractivity contribution in [3.8, 4) is 11.3 Å². The Labute approximate surface area is 133 Å². The fourth-order valence-electron chi connectivity index (χ4n) is 2.13. The Hall–Kier alpha value is -2.21. The molecule has 0 bridgehead atoms. The van der Waals surface area contributed by atoms with Gasteiger partial charge < -0.3 is 15.2 Å². The summed E-state index contributed by atoms with van der Waals surface area (Å²) in [4.78, 5) is 26.4. The van der Waals surface area contributed by atoms with Gasteiger partial charge in [-0.1, -0.05) is 23.8 Å². The highest BCUT2D eigenvalue weighted by Gasteiger charge is 2.09.